The normalized spacial score (nSPS) is 23.4. The Hall–Kier alpha value is -1.35. The molecule has 2 atom stereocenters. The highest BCUT2D eigenvalue weighted by atomic mass is 16.1. The van der Waals surface area contributed by atoms with Gasteiger partial charge in [-0.15, -0.1) is 0 Å². The monoisotopic (exact) mass is 260 g/mol. The van der Waals surface area contributed by atoms with Crippen molar-refractivity contribution in [2.24, 2.45) is 11.7 Å². The lowest BCUT2D eigenvalue weighted by molar-refractivity contribution is -0.121. The minimum absolute atomic E-state index is 0.0173. The molecule has 0 heterocycles. The van der Waals surface area contributed by atoms with Crippen molar-refractivity contribution in [3.05, 3.63) is 29.8 Å². The number of carbonyl (C=O) groups is 1. The lowest BCUT2D eigenvalue weighted by Gasteiger charge is -2.27. The van der Waals surface area contributed by atoms with Gasteiger partial charge in [-0.1, -0.05) is 38.8 Å². The van der Waals surface area contributed by atoms with E-state index in [2.05, 4.69) is 31.3 Å². The molecule has 0 spiro atoms. The Balaban J connectivity index is 1.98. The fourth-order valence-electron chi connectivity index (χ4n) is 2.67. The molecule has 3 heteroatoms. The van der Waals surface area contributed by atoms with E-state index < -0.39 is 0 Å². The first-order valence-electron chi connectivity index (χ1n) is 7.24. The Morgan fingerprint density at radius 3 is 2.42 bits per heavy atom. The highest BCUT2D eigenvalue weighted by Crippen LogP contribution is 2.25. The molecule has 0 radical (unpaired) electrons. The van der Waals surface area contributed by atoms with E-state index in [0.29, 0.717) is 5.92 Å². The van der Waals surface area contributed by atoms with Gasteiger partial charge in [-0.3, -0.25) is 4.79 Å². The molecule has 19 heavy (non-hydrogen) atoms. The van der Waals surface area contributed by atoms with E-state index >= 15 is 0 Å². The van der Waals surface area contributed by atoms with Crippen molar-refractivity contribution >= 4 is 11.6 Å². The van der Waals surface area contributed by atoms with Gasteiger partial charge in [0.15, 0.2) is 0 Å². The molecular formula is C16H24N2O. The second kappa shape index (κ2) is 6.20. The minimum Gasteiger partial charge on any atom is -0.327 e. The Kier molecular flexibility index (Phi) is 4.59. The second-order valence-electron chi connectivity index (χ2n) is 5.82. The molecule has 0 saturated heterocycles. The molecule has 1 amide bonds. The summed E-state index contributed by atoms with van der Waals surface area (Å²) in [5.41, 5.74) is 8.19. The molecule has 1 aromatic carbocycles. The van der Waals surface area contributed by atoms with Crippen LogP contribution in [0.15, 0.2) is 24.3 Å². The summed E-state index contributed by atoms with van der Waals surface area (Å²) >= 11 is 0. The number of hydrogen-bond donors (Lipinski definition) is 2. The molecule has 1 fully saturated rings. The Morgan fingerprint density at radius 2 is 1.84 bits per heavy atom. The van der Waals surface area contributed by atoms with Crippen molar-refractivity contribution in [2.45, 2.75) is 51.5 Å². The zero-order chi connectivity index (χ0) is 13.8. The molecule has 1 aliphatic rings. The van der Waals surface area contributed by atoms with E-state index in [9.17, 15) is 4.79 Å². The van der Waals surface area contributed by atoms with Gasteiger partial charge < -0.3 is 11.1 Å². The number of rotatable bonds is 3. The van der Waals surface area contributed by atoms with Crippen LogP contribution in [0.25, 0.3) is 0 Å². The molecule has 0 bridgehead atoms. The van der Waals surface area contributed by atoms with Gasteiger partial charge in [0.05, 0.1) is 5.92 Å². The van der Waals surface area contributed by atoms with Gasteiger partial charge in [0, 0.05) is 11.7 Å². The van der Waals surface area contributed by atoms with Crippen LogP contribution in [0.1, 0.15) is 51.0 Å². The average Bonchev–Trinajstić information content (AvgIpc) is 2.39. The first kappa shape index (κ1) is 14.1. The SMILES string of the molecule is CC(C)c1ccc(NC(=O)C2CCCCC2N)cc1. The number of anilines is 1. The van der Waals surface area contributed by atoms with Gasteiger partial charge >= 0.3 is 0 Å². The molecular weight excluding hydrogens is 236 g/mol. The Bertz CT molecular complexity index is 425. The van der Waals surface area contributed by atoms with E-state index in [1.54, 1.807) is 0 Å². The van der Waals surface area contributed by atoms with E-state index in [1.165, 1.54) is 5.56 Å². The zero-order valence-corrected chi connectivity index (χ0v) is 11.9. The fourth-order valence-corrected chi connectivity index (χ4v) is 2.67. The van der Waals surface area contributed by atoms with Crippen LogP contribution in [0.5, 0.6) is 0 Å². The number of nitrogens with one attached hydrogen (secondary N) is 1. The van der Waals surface area contributed by atoms with Crippen molar-refractivity contribution in [3.8, 4) is 0 Å². The first-order chi connectivity index (χ1) is 9.08. The fraction of sp³-hybridized carbons (Fsp3) is 0.562. The second-order valence-corrected chi connectivity index (χ2v) is 5.82. The third-order valence-corrected chi connectivity index (χ3v) is 4.00. The van der Waals surface area contributed by atoms with Crippen molar-refractivity contribution < 1.29 is 4.79 Å². The number of benzene rings is 1. The average molecular weight is 260 g/mol. The van der Waals surface area contributed by atoms with Crippen molar-refractivity contribution in [3.63, 3.8) is 0 Å². The summed E-state index contributed by atoms with van der Waals surface area (Å²) in [6, 6.07) is 8.11. The smallest absolute Gasteiger partial charge is 0.229 e. The van der Waals surface area contributed by atoms with Crippen LogP contribution in [0.2, 0.25) is 0 Å². The third-order valence-electron chi connectivity index (χ3n) is 4.00. The van der Waals surface area contributed by atoms with Crippen LogP contribution in [0, 0.1) is 5.92 Å². The maximum absolute atomic E-state index is 12.2. The molecule has 2 rings (SSSR count). The molecule has 1 aliphatic carbocycles. The van der Waals surface area contributed by atoms with Crippen LogP contribution >= 0.6 is 0 Å². The first-order valence-corrected chi connectivity index (χ1v) is 7.24. The predicted molar refractivity (Wildman–Crippen MR) is 79.1 cm³/mol. The lowest BCUT2D eigenvalue weighted by Crippen LogP contribution is -2.40. The molecule has 0 aliphatic heterocycles. The highest BCUT2D eigenvalue weighted by molar-refractivity contribution is 5.93. The molecule has 104 valence electrons. The maximum atomic E-state index is 12.2. The number of nitrogens with two attached hydrogens (primary N) is 1. The summed E-state index contributed by atoms with van der Waals surface area (Å²) in [6.45, 7) is 4.32. The molecule has 2 unspecified atom stereocenters. The lowest BCUT2D eigenvalue weighted by atomic mass is 9.84. The van der Waals surface area contributed by atoms with Crippen LogP contribution in [-0.2, 0) is 4.79 Å². The summed E-state index contributed by atoms with van der Waals surface area (Å²) in [4.78, 5) is 12.2. The van der Waals surface area contributed by atoms with Gasteiger partial charge in [0.2, 0.25) is 5.91 Å². The summed E-state index contributed by atoms with van der Waals surface area (Å²) in [5, 5.41) is 2.99. The number of hydrogen-bond acceptors (Lipinski definition) is 2. The Labute approximate surface area is 115 Å². The highest BCUT2D eigenvalue weighted by Gasteiger charge is 2.28. The van der Waals surface area contributed by atoms with E-state index in [-0.39, 0.29) is 17.9 Å². The van der Waals surface area contributed by atoms with Crippen molar-refractivity contribution in [1.82, 2.24) is 0 Å². The van der Waals surface area contributed by atoms with Crippen LogP contribution in [0.3, 0.4) is 0 Å². The molecule has 0 aromatic heterocycles. The van der Waals surface area contributed by atoms with Gasteiger partial charge in [-0.25, -0.2) is 0 Å². The molecule has 1 saturated carbocycles. The molecule has 1 aromatic rings. The third kappa shape index (κ3) is 3.57. The van der Waals surface area contributed by atoms with Crippen molar-refractivity contribution in [1.29, 1.82) is 0 Å². The standard InChI is InChI=1S/C16H24N2O/c1-11(2)12-7-9-13(10-8-12)18-16(19)14-5-3-4-6-15(14)17/h7-11,14-15H,3-6,17H2,1-2H3,(H,18,19). The Morgan fingerprint density at radius 1 is 1.21 bits per heavy atom. The number of carbonyl (C=O) groups excluding carboxylic acids is 1. The van der Waals surface area contributed by atoms with Crippen LogP contribution in [0.4, 0.5) is 5.69 Å². The van der Waals surface area contributed by atoms with Gasteiger partial charge in [0.1, 0.15) is 0 Å². The van der Waals surface area contributed by atoms with E-state index in [0.717, 1.165) is 31.4 Å². The molecule has 3 nitrogen and oxygen atoms in total. The van der Waals surface area contributed by atoms with Crippen LogP contribution in [-0.4, -0.2) is 11.9 Å². The van der Waals surface area contributed by atoms with E-state index in [4.69, 9.17) is 5.73 Å². The van der Waals surface area contributed by atoms with E-state index in [1.807, 2.05) is 12.1 Å². The minimum atomic E-state index is -0.0291. The summed E-state index contributed by atoms with van der Waals surface area (Å²) in [6.07, 6.45) is 4.13. The quantitative estimate of drug-likeness (QED) is 0.876. The van der Waals surface area contributed by atoms with Gasteiger partial charge in [-0.05, 0) is 36.5 Å². The zero-order valence-electron chi connectivity index (χ0n) is 11.9. The van der Waals surface area contributed by atoms with Crippen LogP contribution < -0.4 is 11.1 Å². The van der Waals surface area contributed by atoms with Gasteiger partial charge in [0.25, 0.3) is 0 Å². The largest absolute Gasteiger partial charge is 0.327 e. The maximum Gasteiger partial charge on any atom is 0.229 e. The summed E-state index contributed by atoms with van der Waals surface area (Å²) in [7, 11) is 0. The predicted octanol–water partition coefficient (Wildman–Crippen LogP) is 3.27. The molecule has 3 N–H and O–H groups in total. The number of amides is 1. The van der Waals surface area contributed by atoms with Gasteiger partial charge in [-0.2, -0.15) is 0 Å². The topological polar surface area (TPSA) is 55.1 Å². The summed E-state index contributed by atoms with van der Waals surface area (Å²) in [5.74, 6) is 0.555. The van der Waals surface area contributed by atoms with Crippen molar-refractivity contribution in [2.75, 3.05) is 5.32 Å². The summed E-state index contributed by atoms with van der Waals surface area (Å²) < 4.78 is 0.